The lowest BCUT2D eigenvalue weighted by atomic mass is 9.90. The van der Waals surface area contributed by atoms with E-state index < -0.39 is 0 Å². The van der Waals surface area contributed by atoms with Gasteiger partial charge in [0.15, 0.2) is 0 Å². The fourth-order valence-electron chi connectivity index (χ4n) is 3.74. The molecule has 0 spiro atoms. The van der Waals surface area contributed by atoms with Gasteiger partial charge in [-0.05, 0) is 43.7 Å². The quantitative estimate of drug-likeness (QED) is 0.729. The van der Waals surface area contributed by atoms with Crippen LogP contribution in [0.2, 0.25) is 0 Å². The standard InChI is InChI=1S/C21H22N4O/c1-15-23-12-19(13-24-15)21(26)25-10-4-5-16(14-25)11-18-7-2-6-17-8-3-9-22-20(17)18/h2-3,6-9,12-13,16H,4-5,10-11,14H2,1H3/t16-/m0/s1. The van der Waals surface area contributed by atoms with Crippen LogP contribution in [0.15, 0.2) is 48.9 Å². The van der Waals surface area contributed by atoms with E-state index >= 15 is 0 Å². The number of para-hydroxylation sites is 1. The van der Waals surface area contributed by atoms with Crippen molar-refractivity contribution in [2.24, 2.45) is 5.92 Å². The van der Waals surface area contributed by atoms with Crippen LogP contribution in [0.4, 0.5) is 0 Å². The maximum absolute atomic E-state index is 12.8. The number of carbonyl (C=O) groups is 1. The van der Waals surface area contributed by atoms with Crippen LogP contribution in [0.3, 0.4) is 0 Å². The molecule has 132 valence electrons. The summed E-state index contributed by atoms with van der Waals surface area (Å²) in [4.78, 5) is 27.6. The topological polar surface area (TPSA) is 59.0 Å². The first-order valence-corrected chi connectivity index (χ1v) is 9.11. The summed E-state index contributed by atoms with van der Waals surface area (Å²) in [6, 6.07) is 10.4. The van der Waals surface area contributed by atoms with Crippen LogP contribution >= 0.6 is 0 Å². The molecule has 26 heavy (non-hydrogen) atoms. The zero-order valence-corrected chi connectivity index (χ0v) is 14.9. The second kappa shape index (κ2) is 7.20. The van der Waals surface area contributed by atoms with Crippen molar-refractivity contribution in [3.8, 4) is 0 Å². The fraction of sp³-hybridized carbons (Fsp3) is 0.333. The van der Waals surface area contributed by atoms with Crippen LogP contribution in [-0.2, 0) is 6.42 Å². The molecule has 3 aromatic rings. The largest absolute Gasteiger partial charge is 0.338 e. The van der Waals surface area contributed by atoms with Crippen molar-refractivity contribution in [1.82, 2.24) is 19.9 Å². The minimum Gasteiger partial charge on any atom is -0.338 e. The summed E-state index contributed by atoms with van der Waals surface area (Å²) in [6.45, 7) is 3.40. The average molecular weight is 346 g/mol. The molecule has 0 saturated carbocycles. The molecule has 1 amide bonds. The van der Waals surface area contributed by atoms with Crippen molar-refractivity contribution in [3.05, 3.63) is 65.9 Å². The van der Waals surface area contributed by atoms with E-state index in [4.69, 9.17) is 0 Å². The van der Waals surface area contributed by atoms with Crippen molar-refractivity contribution in [2.75, 3.05) is 13.1 Å². The van der Waals surface area contributed by atoms with E-state index in [1.807, 2.05) is 24.1 Å². The second-order valence-corrected chi connectivity index (χ2v) is 6.97. The number of carbonyl (C=O) groups excluding carboxylic acids is 1. The number of benzene rings is 1. The third kappa shape index (κ3) is 3.43. The number of fused-ring (bicyclic) bond motifs is 1. The van der Waals surface area contributed by atoms with Gasteiger partial charge in [0.05, 0.1) is 11.1 Å². The highest BCUT2D eigenvalue weighted by Gasteiger charge is 2.25. The minimum atomic E-state index is 0.0331. The van der Waals surface area contributed by atoms with Crippen LogP contribution < -0.4 is 0 Å². The SMILES string of the molecule is Cc1ncc(C(=O)N2CCC[C@@H](Cc3cccc4cccnc34)C2)cn1. The predicted molar refractivity (Wildman–Crippen MR) is 101 cm³/mol. The monoisotopic (exact) mass is 346 g/mol. The number of aromatic nitrogens is 3. The first kappa shape index (κ1) is 16.6. The normalized spacial score (nSPS) is 17.4. The van der Waals surface area contributed by atoms with E-state index in [9.17, 15) is 4.79 Å². The van der Waals surface area contributed by atoms with Crippen molar-refractivity contribution < 1.29 is 4.79 Å². The molecule has 0 unspecified atom stereocenters. The summed E-state index contributed by atoms with van der Waals surface area (Å²) in [5.41, 5.74) is 2.91. The van der Waals surface area contributed by atoms with Gasteiger partial charge in [-0.3, -0.25) is 9.78 Å². The number of aryl methyl sites for hydroxylation is 1. The number of hydrogen-bond donors (Lipinski definition) is 0. The Morgan fingerprint density at radius 3 is 2.81 bits per heavy atom. The number of amides is 1. The van der Waals surface area contributed by atoms with Gasteiger partial charge in [-0.25, -0.2) is 9.97 Å². The highest BCUT2D eigenvalue weighted by atomic mass is 16.2. The van der Waals surface area contributed by atoms with Gasteiger partial charge in [-0.15, -0.1) is 0 Å². The van der Waals surface area contributed by atoms with Crippen LogP contribution in [0, 0.1) is 12.8 Å². The molecule has 1 aliphatic rings. The maximum Gasteiger partial charge on any atom is 0.256 e. The lowest BCUT2D eigenvalue weighted by Gasteiger charge is -2.33. The molecule has 0 radical (unpaired) electrons. The Bertz CT molecular complexity index is 917. The predicted octanol–water partition coefficient (Wildman–Crippen LogP) is 3.43. The van der Waals surface area contributed by atoms with Gasteiger partial charge in [0.25, 0.3) is 5.91 Å². The van der Waals surface area contributed by atoms with Gasteiger partial charge in [0.2, 0.25) is 0 Å². The number of hydrogen-bond acceptors (Lipinski definition) is 4. The third-order valence-electron chi connectivity index (χ3n) is 5.06. The zero-order chi connectivity index (χ0) is 17.9. The molecule has 1 atom stereocenters. The molecule has 0 aliphatic carbocycles. The number of nitrogens with zero attached hydrogens (tertiary/aromatic N) is 4. The molecule has 0 bridgehead atoms. The Balaban J connectivity index is 1.50. The Labute approximate surface area is 153 Å². The summed E-state index contributed by atoms with van der Waals surface area (Å²) in [6.07, 6.45) is 8.22. The van der Waals surface area contributed by atoms with Crippen molar-refractivity contribution in [1.29, 1.82) is 0 Å². The van der Waals surface area contributed by atoms with E-state index in [1.165, 1.54) is 10.9 Å². The first-order valence-electron chi connectivity index (χ1n) is 9.11. The minimum absolute atomic E-state index is 0.0331. The molecule has 0 N–H and O–H groups in total. The molecule has 2 aromatic heterocycles. The van der Waals surface area contributed by atoms with Gasteiger partial charge in [-0.2, -0.15) is 0 Å². The Morgan fingerprint density at radius 1 is 1.15 bits per heavy atom. The first-order chi connectivity index (χ1) is 12.7. The van der Waals surface area contributed by atoms with Crippen molar-refractivity contribution in [2.45, 2.75) is 26.2 Å². The molecular weight excluding hydrogens is 324 g/mol. The van der Waals surface area contributed by atoms with Gasteiger partial charge < -0.3 is 4.90 Å². The van der Waals surface area contributed by atoms with Crippen molar-refractivity contribution >= 4 is 16.8 Å². The summed E-state index contributed by atoms with van der Waals surface area (Å²) >= 11 is 0. The molecule has 1 fully saturated rings. The Kier molecular flexibility index (Phi) is 4.61. The van der Waals surface area contributed by atoms with Crippen LogP contribution in [0.1, 0.15) is 34.6 Å². The fourth-order valence-corrected chi connectivity index (χ4v) is 3.74. The molecule has 1 aromatic carbocycles. The molecular formula is C21H22N4O. The molecule has 1 saturated heterocycles. The third-order valence-corrected chi connectivity index (χ3v) is 5.06. The van der Waals surface area contributed by atoms with E-state index in [1.54, 1.807) is 12.4 Å². The Hall–Kier alpha value is -2.82. The highest BCUT2D eigenvalue weighted by Crippen LogP contribution is 2.25. The van der Waals surface area contributed by atoms with E-state index in [0.717, 1.165) is 37.9 Å². The highest BCUT2D eigenvalue weighted by molar-refractivity contribution is 5.93. The van der Waals surface area contributed by atoms with E-state index in [-0.39, 0.29) is 5.91 Å². The summed E-state index contributed by atoms with van der Waals surface area (Å²) in [5.74, 6) is 1.17. The van der Waals surface area contributed by atoms with Gasteiger partial charge >= 0.3 is 0 Å². The lowest BCUT2D eigenvalue weighted by molar-refractivity contribution is 0.0672. The number of rotatable bonds is 3. The van der Waals surface area contributed by atoms with E-state index in [0.29, 0.717) is 17.3 Å². The van der Waals surface area contributed by atoms with Crippen LogP contribution in [0.5, 0.6) is 0 Å². The average Bonchev–Trinajstić information content (AvgIpc) is 2.69. The maximum atomic E-state index is 12.8. The van der Waals surface area contributed by atoms with Gasteiger partial charge in [0, 0.05) is 37.1 Å². The van der Waals surface area contributed by atoms with Crippen LogP contribution in [0.25, 0.3) is 10.9 Å². The number of piperidine rings is 1. The summed E-state index contributed by atoms with van der Waals surface area (Å²) < 4.78 is 0. The second-order valence-electron chi connectivity index (χ2n) is 6.97. The number of likely N-dealkylation sites (tertiary alicyclic amines) is 1. The summed E-state index contributed by atoms with van der Waals surface area (Å²) in [7, 11) is 0. The van der Waals surface area contributed by atoms with Crippen LogP contribution in [-0.4, -0.2) is 38.8 Å². The van der Waals surface area contributed by atoms with Gasteiger partial charge in [-0.1, -0.05) is 24.3 Å². The smallest absolute Gasteiger partial charge is 0.256 e. The van der Waals surface area contributed by atoms with Crippen molar-refractivity contribution in [3.63, 3.8) is 0 Å². The zero-order valence-electron chi connectivity index (χ0n) is 14.9. The molecule has 3 heterocycles. The molecule has 5 nitrogen and oxygen atoms in total. The summed E-state index contributed by atoms with van der Waals surface area (Å²) in [5, 5.41) is 1.17. The molecule has 1 aliphatic heterocycles. The number of pyridine rings is 1. The molecule has 5 heteroatoms. The van der Waals surface area contributed by atoms with Gasteiger partial charge in [0.1, 0.15) is 5.82 Å². The molecule has 4 rings (SSSR count). The Morgan fingerprint density at radius 2 is 1.96 bits per heavy atom. The lowest BCUT2D eigenvalue weighted by Crippen LogP contribution is -2.40. The van der Waals surface area contributed by atoms with E-state index in [2.05, 4.69) is 39.2 Å².